The van der Waals surface area contributed by atoms with Crippen LogP contribution in [0.15, 0.2) is 22.7 Å². The van der Waals surface area contributed by atoms with Crippen LogP contribution in [0.5, 0.6) is 0 Å². The van der Waals surface area contributed by atoms with E-state index in [4.69, 9.17) is 10.8 Å². The molecule has 0 aliphatic heterocycles. The van der Waals surface area contributed by atoms with Gasteiger partial charge in [0.1, 0.15) is 0 Å². The molecular weight excluding hydrogens is 312 g/mol. The van der Waals surface area contributed by atoms with Crippen LogP contribution in [0.2, 0.25) is 0 Å². The number of benzene rings is 1. The number of hydrogen-bond acceptors (Lipinski definition) is 3. The van der Waals surface area contributed by atoms with Crippen LogP contribution in [0.25, 0.3) is 0 Å². The highest BCUT2D eigenvalue weighted by molar-refractivity contribution is 9.10. The van der Waals surface area contributed by atoms with E-state index in [2.05, 4.69) is 21.2 Å². The number of carboxylic acids is 1. The molecular formula is C13H15BrN2O3. The minimum absolute atomic E-state index is 0.0926. The first kappa shape index (κ1) is 14.0. The molecule has 5 nitrogen and oxygen atoms in total. The molecule has 1 aliphatic rings. The summed E-state index contributed by atoms with van der Waals surface area (Å²) >= 11 is 3.26. The molecule has 2 rings (SSSR count). The second kappa shape index (κ2) is 5.30. The maximum Gasteiger partial charge on any atom is 0.335 e. The van der Waals surface area contributed by atoms with Gasteiger partial charge < -0.3 is 16.2 Å². The first-order chi connectivity index (χ1) is 8.98. The summed E-state index contributed by atoms with van der Waals surface area (Å²) in [5.74, 6) is -1.10. The zero-order valence-electron chi connectivity index (χ0n) is 10.3. The number of carbonyl (C=O) groups excluding carboxylic acids is 1. The molecule has 1 aliphatic carbocycles. The number of nitrogens with two attached hydrogens (primary N) is 1. The number of aromatic carboxylic acids is 1. The fraction of sp³-hybridized carbons (Fsp3) is 0.385. The number of carbonyl (C=O) groups is 2. The number of halogens is 1. The Balaban J connectivity index is 2.15. The lowest BCUT2D eigenvalue weighted by Crippen LogP contribution is -2.47. The normalized spacial score (nSPS) is 16.5. The minimum Gasteiger partial charge on any atom is -0.478 e. The summed E-state index contributed by atoms with van der Waals surface area (Å²) in [6.45, 7) is 0.337. The maximum absolute atomic E-state index is 12.2. The topological polar surface area (TPSA) is 92.4 Å². The molecule has 6 heteroatoms. The lowest BCUT2D eigenvalue weighted by atomic mass is 9.68. The van der Waals surface area contributed by atoms with Crippen LogP contribution in [0, 0.1) is 5.41 Å². The maximum atomic E-state index is 12.2. The quantitative estimate of drug-likeness (QED) is 0.790. The SMILES string of the molecule is NCC1(C(=O)Nc2ccc(C(=O)O)cc2Br)CCC1. The Bertz CT molecular complexity index is 521. The van der Waals surface area contributed by atoms with Crippen LogP contribution in [0.3, 0.4) is 0 Å². The predicted molar refractivity (Wildman–Crippen MR) is 75.1 cm³/mol. The van der Waals surface area contributed by atoms with E-state index in [0.717, 1.165) is 19.3 Å². The highest BCUT2D eigenvalue weighted by atomic mass is 79.9. The monoisotopic (exact) mass is 326 g/mol. The fourth-order valence-electron chi connectivity index (χ4n) is 2.13. The molecule has 0 atom stereocenters. The van der Waals surface area contributed by atoms with Gasteiger partial charge in [-0.3, -0.25) is 4.79 Å². The van der Waals surface area contributed by atoms with E-state index in [1.165, 1.54) is 12.1 Å². The second-order valence-electron chi connectivity index (χ2n) is 4.79. The zero-order valence-corrected chi connectivity index (χ0v) is 11.9. The van der Waals surface area contributed by atoms with E-state index in [9.17, 15) is 9.59 Å². The average Bonchev–Trinajstić information content (AvgIpc) is 2.30. The highest BCUT2D eigenvalue weighted by Gasteiger charge is 2.42. The van der Waals surface area contributed by atoms with Crippen LogP contribution >= 0.6 is 15.9 Å². The zero-order chi connectivity index (χ0) is 14.0. The Kier molecular flexibility index (Phi) is 3.91. The number of nitrogens with one attached hydrogen (secondary N) is 1. The van der Waals surface area contributed by atoms with Gasteiger partial charge in [-0.25, -0.2) is 4.79 Å². The second-order valence-corrected chi connectivity index (χ2v) is 5.65. The van der Waals surface area contributed by atoms with Crippen molar-refractivity contribution in [2.45, 2.75) is 19.3 Å². The third-order valence-corrected chi connectivity index (χ3v) is 4.30. The minimum atomic E-state index is -1.00. The van der Waals surface area contributed by atoms with Crippen LogP contribution in [0.4, 0.5) is 5.69 Å². The van der Waals surface area contributed by atoms with Gasteiger partial charge in [-0.1, -0.05) is 6.42 Å². The molecule has 0 aromatic heterocycles. The van der Waals surface area contributed by atoms with Crippen LogP contribution in [0.1, 0.15) is 29.6 Å². The molecule has 1 saturated carbocycles. The Hall–Kier alpha value is -1.40. The van der Waals surface area contributed by atoms with Crippen molar-refractivity contribution in [2.24, 2.45) is 11.1 Å². The van der Waals surface area contributed by atoms with E-state index >= 15 is 0 Å². The molecule has 4 N–H and O–H groups in total. The fourth-order valence-corrected chi connectivity index (χ4v) is 2.61. The van der Waals surface area contributed by atoms with Crippen molar-refractivity contribution in [2.75, 3.05) is 11.9 Å². The van der Waals surface area contributed by atoms with Gasteiger partial charge in [-0.15, -0.1) is 0 Å². The van der Waals surface area contributed by atoms with E-state index in [1.807, 2.05) is 0 Å². The molecule has 0 bridgehead atoms. The first-order valence-electron chi connectivity index (χ1n) is 6.03. The van der Waals surface area contributed by atoms with E-state index < -0.39 is 11.4 Å². The number of rotatable bonds is 4. The van der Waals surface area contributed by atoms with E-state index in [0.29, 0.717) is 16.7 Å². The van der Waals surface area contributed by atoms with Crippen LogP contribution < -0.4 is 11.1 Å². The third-order valence-electron chi connectivity index (χ3n) is 3.65. The number of carboxylic acid groups (broad SMARTS) is 1. The number of amides is 1. The largest absolute Gasteiger partial charge is 0.478 e. The van der Waals surface area contributed by atoms with Crippen LogP contribution in [-0.2, 0) is 4.79 Å². The summed E-state index contributed by atoms with van der Waals surface area (Å²) in [5.41, 5.74) is 5.95. The van der Waals surface area contributed by atoms with Crippen LogP contribution in [-0.4, -0.2) is 23.5 Å². The van der Waals surface area contributed by atoms with Gasteiger partial charge >= 0.3 is 5.97 Å². The average molecular weight is 327 g/mol. The Labute approximate surface area is 119 Å². The summed E-state index contributed by atoms with van der Waals surface area (Å²) in [4.78, 5) is 23.0. The molecule has 1 aromatic rings. The summed E-state index contributed by atoms with van der Waals surface area (Å²) in [6, 6.07) is 4.50. The van der Waals surface area contributed by atoms with Gasteiger partial charge in [0.15, 0.2) is 0 Å². The Morgan fingerprint density at radius 2 is 2.11 bits per heavy atom. The standard InChI is InChI=1S/C13H15BrN2O3/c14-9-6-8(11(17)18)2-3-10(9)16-12(19)13(7-15)4-1-5-13/h2-3,6H,1,4-5,7,15H2,(H,16,19)(H,17,18). The van der Waals surface area contributed by atoms with Crippen molar-refractivity contribution in [3.8, 4) is 0 Å². The predicted octanol–water partition coefficient (Wildman–Crippen LogP) is 2.21. The van der Waals surface area contributed by atoms with Crippen molar-refractivity contribution < 1.29 is 14.7 Å². The summed E-state index contributed by atoms with van der Waals surface area (Å²) in [6.07, 6.45) is 2.63. The molecule has 1 amide bonds. The lowest BCUT2D eigenvalue weighted by Gasteiger charge is -2.39. The van der Waals surface area contributed by atoms with E-state index in [1.54, 1.807) is 6.07 Å². The number of hydrogen-bond donors (Lipinski definition) is 3. The van der Waals surface area contributed by atoms with Crippen molar-refractivity contribution in [3.05, 3.63) is 28.2 Å². The van der Waals surface area contributed by atoms with Crippen molar-refractivity contribution in [3.63, 3.8) is 0 Å². The molecule has 0 saturated heterocycles. The highest BCUT2D eigenvalue weighted by Crippen LogP contribution is 2.41. The Morgan fingerprint density at radius 1 is 1.42 bits per heavy atom. The molecule has 1 aromatic carbocycles. The lowest BCUT2D eigenvalue weighted by molar-refractivity contribution is -0.129. The molecule has 1 fully saturated rings. The Morgan fingerprint density at radius 3 is 2.53 bits per heavy atom. The van der Waals surface area contributed by atoms with Gasteiger partial charge in [-0.2, -0.15) is 0 Å². The molecule has 19 heavy (non-hydrogen) atoms. The van der Waals surface area contributed by atoms with Gasteiger partial charge in [0.2, 0.25) is 5.91 Å². The molecule has 0 spiro atoms. The van der Waals surface area contributed by atoms with Gasteiger partial charge in [0.25, 0.3) is 0 Å². The van der Waals surface area contributed by atoms with Crippen molar-refractivity contribution in [1.82, 2.24) is 0 Å². The first-order valence-corrected chi connectivity index (χ1v) is 6.82. The van der Waals surface area contributed by atoms with Gasteiger partial charge in [-0.05, 0) is 47.0 Å². The smallest absolute Gasteiger partial charge is 0.335 e. The van der Waals surface area contributed by atoms with Gasteiger partial charge in [0, 0.05) is 11.0 Å². The number of anilines is 1. The summed E-state index contributed by atoms with van der Waals surface area (Å²) < 4.78 is 0.548. The molecule has 102 valence electrons. The molecule has 0 unspecified atom stereocenters. The van der Waals surface area contributed by atoms with Crippen molar-refractivity contribution in [1.29, 1.82) is 0 Å². The summed E-state index contributed by atoms with van der Waals surface area (Å²) in [7, 11) is 0. The van der Waals surface area contributed by atoms with Crippen molar-refractivity contribution >= 4 is 33.5 Å². The van der Waals surface area contributed by atoms with E-state index in [-0.39, 0.29) is 11.5 Å². The third kappa shape index (κ3) is 2.64. The van der Waals surface area contributed by atoms with Gasteiger partial charge in [0.05, 0.1) is 16.7 Å². The molecule has 0 heterocycles. The molecule has 0 radical (unpaired) electrons. The summed E-state index contributed by atoms with van der Waals surface area (Å²) in [5, 5.41) is 11.7.